The number of rotatable bonds is 3. The molecule has 21 heavy (non-hydrogen) atoms. The second-order valence-corrected chi connectivity index (χ2v) is 5.88. The number of nitrogens with zero attached hydrogens (tertiary/aromatic N) is 1. The van der Waals surface area contributed by atoms with Gasteiger partial charge in [-0.05, 0) is 52.3 Å². The van der Waals surface area contributed by atoms with E-state index in [0.29, 0.717) is 27.0 Å². The van der Waals surface area contributed by atoms with Crippen LogP contribution in [0.3, 0.4) is 0 Å². The molecule has 0 bridgehead atoms. The summed E-state index contributed by atoms with van der Waals surface area (Å²) < 4.78 is 6.59. The molecule has 0 aliphatic heterocycles. The van der Waals surface area contributed by atoms with E-state index in [-0.39, 0.29) is 5.91 Å². The molecule has 0 atom stereocenters. The predicted octanol–water partition coefficient (Wildman–Crippen LogP) is 4.34. The maximum atomic E-state index is 12.2. The zero-order valence-electron chi connectivity index (χ0n) is 11.0. The van der Waals surface area contributed by atoms with Crippen LogP contribution in [-0.4, -0.2) is 13.0 Å². The molecule has 0 unspecified atom stereocenters. The SMILES string of the molecule is COc1ccc(C(=O)Nc2ccc(Br)cc2C#N)cc1Br. The summed E-state index contributed by atoms with van der Waals surface area (Å²) in [5.41, 5.74) is 1.33. The van der Waals surface area contributed by atoms with E-state index in [0.717, 1.165) is 4.47 Å². The van der Waals surface area contributed by atoms with E-state index in [1.807, 2.05) is 6.07 Å². The molecule has 0 fully saturated rings. The third-order valence-corrected chi connectivity index (χ3v) is 3.88. The number of methoxy groups -OCH3 is 1. The molecule has 0 saturated heterocycles. The maximum absolute atomic E-state index is 12.2. The standard InChI is InChI=1S/C15H10Br2N2O2/c1-21-14-5-2-9(7-12(14)17)15(20)19-13-4-3-11(16)6-10(13)8-18/h2-7H,1H3,(H,19,20). The first kappa shape index (κ1) is 15.5. The predicted molar refractivity (Wildman–Crippen MR) is 87.5 cm³/mol. The lowest BCUT2D eigenvalue weighted by atomic mass is 10.1. The van der Waals surface area contributed by atoms with Crippen molar-refractivity contribution in [2.75, 3.05) is 12.4 Å². The van der Waals surface area contributed by atoms with Gasteiger partial charge in [-0.3, -0.25) is 4.79 Å². The van der Waals surface area contributed by atoms with Crippen molar-refractivity contribution in [3.05, 3.63) is 56.5 Å². The van der Waals surface area contributed by atoms with Crippen molar-refractivity contribution in [2.45, 2.75) is 0 Å². The van der Waals surface area contributed by atoms with Crippen molar-refractivity contribution >= 4 is 43.5 Å². The number of amides is 1. The van der Waals surface area contributed by atoms with Crippen LogP contribution in [-0.2, 0) is 0 Å². The molecule has 0 spiro atoms. The molecular weight excluding hydrogens is 400 g/mol. The van der Waals surface area contributed by atoms with Crippen molar-refractivity contribution in [1.82, 2.24) is 0 Å². The molecule has 1 amide bonds. The number of nitriles is 1. The fraction of sp³-hybridized carbons (Fsp3) is 0.0667. The highest BCUT2D eigenvalue weighted by molar-refractivity contribution is 9.10. The highest BCUT2D eigenvalue weighted by Gasteiger charge is 2.11. The number of nitrogens with one attached hydrogen (secondary N) is 1. The first-order valence-electron chi connectivity index (χ1n) is 5.89. The smallest absolute Gasteiger partial charge is 0.255 e. The van der Waals surface area contributed by atoms with Crippen molar-refractivity contribution < 1.29 is 9.53 Å². The topological polar surface area (TPSA) is 62.1 Å². The lowest BCUT2D eigenvalue weighted by Gasteiger charge is -2.09. The van der Waals surface area contributed by atoms with Gasteiger partial charge >= 0.3 is 0 Å². The molecule has 0 saturated carbocycles. The normalized spacial score (nSPS) is 9.81. The van der Waals surface area contributed by atoms with Crippen molar-refractivity contribution in [1.29, 1.82) is 5.26 Å². The fourth-order valence-corrected chi connectivity index (χ4v) is 2.62. The van der Waals surface area contributed by atoms with E-state index >= 15 is 0 Å². The van der Waals surface area contributed by atoms with Gasteiger partial charge in [-0.25, -0.2) is 0 Å². The van der Waals surface area contributed by atoms with Crippen LogP contribution >= 0.6 is 31.9 Å². The maximum Gasteiger partial charge on any atom is 0.255 e. The van der Waals surface area contributed by atoms with Crippen LogP contribution < -0.4 is 10.1 Å². The molecule has 0 heterocycles. The molecule has 1 N–H and O–H groups in total. The summed E-state index contributed by atoms with van der Waals surface area (Å²) >= 11 is 6.62. The average Bonchev–Trinajstić information content (AvgIpc) is 2.48. The molecule has 6 heteroatoms. The second-order valence-electron chi connectivity index (χ2n) is 4.11. The summed E-state index contributed by atoms with van der Waals surface area (Å²) in [6.45, 7) is 0. The number of carbonyl (C=O) groups is 1. The van der Waals surface area contributed by atoms with Gasteiger partial charge in [-0.1, -0.05) is 15.9 Å². The number of hydrogen-bond donors (Lipinski definition) is 1. The van der Waals surface area contributed by atoms with E-state index in [9.17, 15) is 4.79 Å². The summed E-state index contributed by atoms with van der Waals surface area (Å²) in [5.74, 6) is 0.352. The van der Waals surface area contributed by atoms with Crippen LogP contribution in [0.5, 0.6) is 5.75 Å². The van der Waals surface area contributed by atoms with Crippen LogP contribution in [0.25, 0.3) is 0 Å². The van der Waals surface area contributed by atoms with Crippen LogP contribution in [0.4, 0.5) is 5.69 Å². The van der Waals surface area contributed by atoms with E-state index in [4.69, 9.17) is 10.00 Å². The number of halogens is 2. The Kier molecular flexibility index (Phi) is 4.99. The first-order valence-corrected chi connectivity index (χ1v) is 7.48. The summed E-state index contributed by atoms with van der Waals surface area (Å²) in [7, 11) is 1.56. The van der Waals surface area contributed by atoms with Gasteiger partial charge in [0.25, 0.3) is 5.91 Å². The van der Waals surface area contributed by atoms with Gasteiger partial charge < -0.3 is 10.1 Å². The molecule has 2 rings (SSSR count). The van der Waals surface area contributed by atoms with Gasteiger partial charge in [-0.15, -0.1) is 0 Å². The Labute approximate surface area is 139 Å². The van der Waals surface area contributed by atoms with Crippen LogP contribution in [0.15, 0.2) is 45.3 Å². The third kappa shape index (κ3) is 3.63. The molecule has 2 aromatic rings. The van der Waals surface area contributed by atoms with Gasteiger partial charge in [0.2, 0.25) is 0 Å². The highest BCUT2D eigenvalue weighted by Crippen LogP contribution is 2.26. The minimum absolute atomic E-state index is 0.294. The Balaban J connectivity index is 2.26. The fourth-order valence-electron chi connectivity index (χ4n) is 1.72. The summed E-state index contributed by atoms with van der Waals surface area (Å²) in [6.07, 6.45) is 0. The molecule has 0 aliphatic carbocycles. The second kappa shape index (κ2) is 6.74. The largest absolute Gasteiger partial charge is 0.496 e. The number of anilines is 1. The van der Waals surface area contributed by atoms with E-state index in [1.165, 1.54) is 0 Å². The van der Waals surface area contributed by atoms with Gasteiger partial charge in [0.1, 0.15) is 11.8 Å². The van der Waals surface area contributed by atoms with Gasteiger partial charge in [-0.2, -0.15) is 5.26 Å². The van der Waals surface area contributed by atoms with Crippen LogP contribution in [0.2, 0.25) is 0 Å². The highest BCUT2D eigenvalue weighted by atomic mass is 79.9. The van der Waals surface area contributed by atoms with E-state index in [1.54, 1.807) is 43.5 Å². The van der Waals surface area contributed by atoms with Crippen LogP contribution in [0.1, 0.15) is 15.9 Å². The van der Waals surface area contributed by atoms with E-state index < -0.39 is 0 Å². The van der Waals surface area contributed by atoms with E-state index in [2.05, 4.69) is 37.2 Å². The van der Waals surface area contributed by atoms with Gasteiger partial charge in [0, 0.05) is 10.0 Å². The average molecular weight is 410 g/mol. The number of hydrogen-bond acceptors (Lipinski definition) is 3. The lowest BCUT2D eigenvalue weighted by Crippen LogP contribution is -2.13. The Hall–Kier alpha value is -1.84. The minimum atomic E-state index is -0.294. The van der Waals surface area contributed by atoms with Gasteiger partial charge in [0.05, 0.1) is 22.8 Å². The molecule has 0 aromatic heterocycles. The number of ether oxygens (including phenoxy) is 1. The monoisotopic (exact) mass is 408 g/mol. The molecule has 0 aliphatic rings. The van der Waals surface area contributed by atoms with Crippen molar-refractivity contribution in [2.24, 2.45) is 0 Å². The minimum Gasteiger partial charge on any atom is -0.496 e. The summed E-state index contributed by atoms with van der Waals surface area (Å²) in [5, 5.41) is 11.8. The van der Waals surface area contributed by atoms with Crippen molar-refractivity contribution in [3.63, 3.8) is 0 Å². The van der Waals surface area contributed by atoms with Crippen molar-refractivity contribution in [3.8, 4) is 11.8 Å². The Morgan fingerprint density at radius 3 is 2.62 bits per heavy atom. The molecular formula is C15H10Br2N2O2. The Morgan fingerprint density at radius 2 is 2.00 bits per heavy atom. The summed E-state index contributed by atoms with van der Waals surface area (Å²) in [4.78, 5) is 12.2. The molecule has 106 valence electrons. The summed E-state index contributed by atoms with van der Waals surface area (Å²) in [6, 6.07) is 12.2. The zero-order valence-corrected chi connectivity index (χ0v) is 14.2. The number of benzene rings is 2. The lowest BCUT2D eigenvalue weighted by molar-refractivity contribution is 0.102. The molecule has 4 nitrogen and oxygen atoms in total. The quantitative estimate of drug-likeness (QED) is 0.819. The zero-order chi connectivity index (χ0) is 15.4. The number of carbonyl (C=O) groups excluding carboxylic acids is 1. The molecule has 0 radical (unpaired) electrons. The molecule has 2 aromatic carbocycles. The third-order valence-electron chi connectivity index (χ3n) is 2.76. The Morgan fingerprint density at radius 1 is 1.24 bits per heavy atom. The van der Waals surface area contributed by atoms with Gasteiger partial charge in [0.15, 0.2) is 0 Å². The Bertz CT molecular complexity index is 739. The van der Waals surface area contributed by atoms with Crippen LogP contribution in [0, 0.1) is 11.3 Å². The first-order chi connectivity index (χ1) is 10.0.